The Morgan fingerprint density at radius 3 is 1.86 bits per heavy atom. The predicted octanol–water partition coefficient (Wildman–Crippen LogP) is -12.0. The fourth-order valence-electron chi connectivity index (χ4n) is 6.85. The van der Waals surface area contributed by atoms with Crippen LogP contribution in [0.3, 0.4) is 0 Å². The molecule has 5 saturated carbocycles. The molecule has 0 aliphatic heterocycles. The number of phosphoric ester groups is 1. The molecular formula is C23H31Na4O9P. The first-order valence-corrected chi connectivity index (χ1v) is 13.4. The monoisotopic (exact) mass is 574 g/mol. The fraction of sp³-hybridized carbons (Fsp3) is 0.826. The summed E-state index contributed by atoms with van der Waals surface area (Å²) in [5.74, 6) is -0.654. The predicted molar refractivity (Wildman–Crippen MR) is 107 cm³/mol. The van der Waals surface area contributed by atoms with E-state index in [2.05, 4.69) is 0 Å². The number of allylic oxidation sites excluding steroid dienone is 2. The molecular weight excluding hydrogens is 543 g/mol. The van der Waals surface area contributed by atoms with Gasteiger partial charge >= 0.3 is 118 Å². The Morgan fingerprint density at radius 1 is 0.892 bits per heavy atom. The van der Waals surface area contributed by atoms with Crippen LogP contribution in [-0.2, 0) is 23.4 Å². The Bertz CT molecular complexity index is 834. The van der Waals surface area contributed by atoms with Gasteiger partial charge in [-0.05, 0) is 94.0 Å². The number of carboxylic acids is 2. The zero-order valence-electron chi connectivity index (χ0n) is 22.9. The molecule has 14 heteroatoms. The first-order valence-electron chi connectivity index (χ1n) is 12.0. The molecule has 0 heterocycles. The summed E-state index contributed by atoms with van der Waals surface area (Å²) < 4.78 is 22.2. The number of phosphoric acid groups is 1. The Labute approximate surface area is 307 Å². The van der Waals surface area contributed by atoms with Gasteiger partial charge in [0.25, 0.3) is 0 Å². The molecule has 2 unspecified atom stereocenters. The first-order chi connectivity index (χ1) is 15.5. The number of aliphatic carboxylic acids is 2. The van der Waals surface area contributed by atoms with Crippen molar-refractivity contribution in [2.75, 3.05) is 6.61 Å². The van der Waals surface area contributed by atoms with Crippen LogP contribution in [0.5, 0.6) is 0 Å². The average molecular weight is 574 g/mol. The molecule has 0 aromatic carbocycles. The van der Waals surface area contributed by atoms with Crippen molar-refractivity contribution in [3.8, 4) is 0 Å². The summed E-state index contributed by atoms with van der Waals surface area (Å²) in [7, 11) is -5.11. The zero-order chi connectivity index (χ0) is 24.0. The largest absolute Gasteiger partial charge is 1.00 e. The van der Waals surface area contributed by atoms with Crippen LogP contribution in [0.15, 0.2) is 11.3 Å². The van der Waals surface area contributed by atoms with Gasteiger partial charge < -0.3 is 43.4 Å². The van der Waals surface area contributed by atoms with E-state index in [1.807, 2.05) is 0 Å². The Kier molecular flexibility index (Phi) is 17.6. The minimum Gasteiger partial charge on any atom is -0.790 e. The van der Waals surface area contributed by atoms with Gasteiger partial charge in [0, 0.05) is 11.3 Å². The van der Waals surface area contributed by atoms with E-state index in [9.17, 15) is 34.2 Å². The molecule has 186 valence electrons. The van der Waals surface area contributed by atoms with E-state index in [1.54, 1.807) is 0 Å². The maximum atomic E-state index is 11.4. The van der Waals surface area contributed by atoms with E-state index < -0.39 is 31.3 Å². The molecule has 0 N–H and O–H groups in total. The molecule has 0 aromatic heterocycles. The molecule has 0 spiro atoms. The maximum Gasteiger partial charge on any atom is 1.00 e. The van der Waals surface area contributed by atoms with E-state index in [0.717, 1.165) is 44.8 Å². The molecule has 0 amide bonds. The maximum absolute atomic E-state index is 11.4. The van der Waals surface area contributed by atoms with Crippen molar-refractivity contribution >= 4 is 19.8 Å². The number of carboxylic acid groups (broad SMARTS) is 2. The van der Waals surface area contributed by atoms with E-state index in [4.69, 9.17) is 9.26 Å². The van der Waals surface area contributed by atoms with Gasteiger partial charge in [0.1, 0.15) is 0 Å². The Hall–Kier alpha value is 2.59. The molecule has 0 aromatic rings. The van der Waals surface area contributed by atoms with E-state index in [1.165, 1.54) is 12.0 Å². The molecule has 5 aliphatic rings. The smallest absolute Gasteiger partial charge is 0.790 e. The number of rotatable bonds is 9. The SMILES string of the molecule is CC(CCOC(=C1C2CC3CC(C2)CC1C3)C1CCCC(OP(=O)([O-])[O-])C1)(C(=O)[O-])C(=O)[O-].[Na+].[Na+].[Na+].[Na+]. The van der Waals surface area contributed by atoms with Gasteiger partial charge in [-0.1, -0.05) is 6.42 Å². The molecule has 5 fully saturated rings. The normalized spacial score (nSPS) is 30.1. The summed E-state index contributed by atoms with van der Waals surface area (Å²) >= 11 is 0. The number of hydrogen-bond donors (Lipinski definition) is 0. The topological polar surface area (TPSA) is 162 Å². The standard InChI is InChI=1S/C23H35O9P.4Na/c1-23(21(24)25,22(26)27)5-6-31-20(15-3-2-4-18(12-15)32-33(28,29)30)19-16-8-13-7-14(10-16)11-17(19)9-13;;;;/h13-18H,2-12H2,1H3,(H,24,25)(H,26,27)(H2,28,29,30);;;;/q;4*+1/p-4. The van der Waals surface area contributed by atoms with Crippen molar-refractivity contribution in [2.24, 2.45) is 35.0 Å². The third kappa shape index (κ3) is 9.80. The van der Waals surface area contributed by atoms with Crippen LogP contribution in [0, 0.1) is 35.0 Å². The van der Waals surface area contributed by atoms with Crippen LogP contribution >= 0.6 is 7.82 Å². The van der Waals surface area contributed by atoms with Gasteiger partial charge in [-0.25, -0.2) is 0 Å². The molecule has 5 rings (SSSR count). The summed E-state index contributed by atoms with van der Waals surface area (Å²) in [4.78, 5) is 45.2. The minimum absolute atomic E-state index is 0. The van der Waals surface area contributed by atoms with Gasteiger partial charge in [-0.15, -0.1) is 0 Å². The van der Waals surface area contributed by atoms with Gasteiger partial charge in [0.15, 0.2) is 0 Å². The molecule has 0 radical (unpaired) electrons. The van der Waals surface area contributed by atoms with Crippen LogP contribution in [0.2, 0.25) is 0 Å². The van der Waals surface area contributed by atoms with E-state index in [-0.39, 0.29) is 137 Å². The van der Waals surface area contributed by atoms with Crippen molar-refractivity contribution in [3.63, 3.8) is 0 Å². The van der Waals surface area contributed by atoms with E-state index in [0.29, 0.717) is 42.9 Å². The van der Waals surface area contributed by atoms with Gasteiger partial charge in [0.05, 0.1) is 38.2 Å². The second-order valence-electron chi connectivity index (χ2n) is 10.7. The summed E-state index contributed by atoms with van der Waals surface area (Å²) in [5.41, 5.74) is -0.931. The minimum atomic E-state index is -5.11. The van der Waals surface area contributed by atoms with Crippen molar-refractivity contribution in [1.82, 2.24) is 0 Å². The number of hydrogen-bond acceptors (Lipinski definition) is 9. The van der Waals surface area contributed by atoms with Crippen molar-refractivity contribution in [2.45, 2.75) is 77.2 Å². The van der Waals surface area contributed by atoms with Crippen LogP contribution in [-0.4, -0.2) is 24.6 Å². The van der Waals surface area contributed by atoms with Crippen molar-refractivity contribution in [1.29, 1.82) is 0 Å². The molecule has 37 heavy (non-hydrogen) atoms. The summed E-state index contributed by atoms with van der Waals surface area (Å²) in [6.07, 6.45) is 6.83. The van der Waals surface area contributed by atoms with Gasteiger partial charge in [-0.3, -0.25) is 0 Å². The summed E-state index contributed by atoms with van der Waals surface area (Å²) in [6.45, 7) is 0.925. The molecule has 0 saturated heterocycles. The average Bonchev–Trinajstić information content (AvgIpc) is 2.70. The van der Waals surface area contributed by atoms with Crippen LogP contribution < -0.4 is 138 Å². The molecule has 9 nitrogen and oxygen atoms in total. The first kappa shape index (κ1) is 39.6. The van der Waals surface area contributed by atoms with Crippen LogP contribution in [0.1, 0.15) is 71.1 Å². The number of carbonyl (C=O) groups is 2. The summed E-state index contributed by atoms with van der Waals surface area (Å²) in [5, 5.41) is 22.8. The second-order valence-corrected chi connectivity index (χ2v) is 11.8. The molecule has 2 atom stereocenters. The van der Waals surface area contributed by atoms with E-state index >= 15 is 0 Å². The second kappa shape index (κ2) is 16.4. The van der Waals surface area contributed by atoms with Gasteiger partial charge in [0.2, 0.25) is 0 Å². The van der Waals surface area contributed by atoms with Crippen LogP contribution in [0.4, 0.5) is 0 Å². The third-order valence-corrected chi connectivity index (χ3v) is 8.89. The van der Waals surface area contributed by atoms with Crippen molar-refractivity contribution < 1.29 is 162 Å². The Balaban J connectivity index is 0.00000324. The van der Waals surface area contributed by atoms with Crippen molar-refractivity contribution in [3.05, 3.63) is 11.3 Å². The van der Waals surface area contributed by atoms with Gasteiger partial charge in [-0.2, -0.15) is 0 Å². The molecule has 4 bridgehead atoms. The number of ether oxygens (including phenoxy) is 1. The number of carbonyl (C=O) groups excluding carboxylic acids is 2. The third-order valence-electron chi connectivity index (χ3n) is 8.34. The fourth-order valence-corrected chi connectivity index (χ4v) is 7.40. The summed E-state index contributed by atoms with van der Waals surface area (Å²) in [6, 6.07) is 0. The Morgan fingerprint density at radius 2 is 1.41 bits per heavy atom. The van der Waals surface area contributed by atoms with Crippen LogP contribution in [0.25, 0.3) is 0 Å². The zero-order valence-corrected chi connectivity index (χ0v) is 31.8. The molecule has 5 aliphatic carbocycles. The quantitative estimate of drug-likeness (QED) is 0.113.